The molecule has 3 aromatic rings. The lowest BCUT2D eigenvalue weighted by Crippen LogP contribution is -2.43. The molecule has 0 aromatic carbocycles. The molecule has 0 amide bonds. The molecule has 6 rings (SSSR count). The molecule has 3 aromatic heterocycles. The third-order valence-corrected chi connectivity index (χ3v) is 7.36. The first kappa shape index (κ1) is 14.9. The quantitative estimate of drug-likeness (QED) is 0.529. The van der Waals surface area contributed by atoms with Crippen LogP contribution in [-0.4, -0.2) is 31.4 Å². The minimum Gasteiger partial charge on any atom is -0.303 e. The van der Waals surface area contributed by atoms with Crippen molar-refractivity contribution in [2.24, 2.45) is 5.92 Å². The van der Waals surface area contributed by atoms with Crippen LogP contribution in [-0.2, 0) is 12.0 Å². The maximum Gasteiger partial charge on any atom is 0.277 e. The van der Waals surface area contributed by atoms with Crippen LogP contribution in [0.2, 0.25) is 0 Å². The number of hydrogen-bond acceptors (Lipinski definition) is 4. The molecule has 3 aliphatic rings. The summed E-state index contributed by atoms with van der Waals surface area (Å²) in [4.78, 5) is 24.6. The molecule has 0 N–H and O–H groups in total. The molecule has 132 valence electrons. The van der Waals surface area contributed by atoms with Crippen LogP contribution in [0.5, 0.6) is 0 Å². The minimum atomic E-state index is -0.0333. The van der Waals surface area contributed by atoms with Gasteiger partial charge in [-0.3, -0.25) is 14.7 Å². The van der Waals surface area contributed by atoms with Crippen molar-refractivity contribution >= 4 is 16.4 Å². The van der Waals surface area contributed by atoms with Gasteiger partial charge in [-0.25, -0.2) is 0 Å². The molecule has 26 heavy (non-hydrogen) atoms. The van der Waals surface area contributed by atoms with Crippen LogP contribution >= 0.6 is 0 Å². The average Bonchev–Trinajstić information content (AvgIpc) is 2.89. The summed E-state index contributed by atoms with van der Waals surface area (Å²) in [6, 6.07) is 4.15. The summed E-state index contributed by atoms with van der Waals surface area (Å²) in [5.74, 6) is 0.870. The number of fused-ring (bicyclic) bond motifs is 8. The van der Waals surface area contributed by atoms with Gasteiger partial charge in [0.05, 0.1) is 16.8 Å². The number of hydrogen-bond donors (Lipinski definition) is 0. The van der Waals surface area contributed by atoms with Gasteiger partial charge in [0.2, 0.25) is 0 Å². The second kappa shape index (κ2) is 4.17. The Morgan fingerprint density at radius 2 is 2.08 bits per heavy atom. The van der Waals surface area contributed by atoms with Crippen LogP contribution in [0.3, 0.4) is 0 Å². The molecule has 5 nitrogen and oxygen atoms in total. The summed E-state index contributed by atoms with van der Waals surface area (Å²) < 4.78 is 2.18. The van der Waals surface area contributed by atoms with Crippen molar-refractivity contribution < 1.29 is 0 Å². The van der Waals surface area contributed by atoms with E-state index in [-0.39, 0.29) is 16.6 Å². The largest absolute Gasteiger partial charge is 0.303 e. The second-order valence-electron chi connectivity index (χ2n) is 8.89. The molecular weight excluding hydrogens is 324 g/mol. The normalized spacial score (nSPS) is 33.4. The summed E-state index contributed by atoms with van der Waals surface area (Å²) in [7, 11) is 0. The fourth-order valence-corrected chi connectivity index (χ4v) is 5.89. The summed E-state index contributed by atoms with van der Waals surface area (Å²) in [6.45, 7) is 9.97. The molecule has 5 heteroatoms. The van der Waals surface area contributed by atoms with Crippen molar-refractivity contribution in [3.63, 3.8) is 0 Å². The van der Waals surface area contributed by atoms with Crippen LogP contribution in [0.15, 0.2) is 29.3 Å². The highest BCUT2D eigenvalue weighted by Gasteiger charge is 2.85. The average molecular weight is 346 g/mol. The molecule has 2 saturated heterocycles. The Balaban J connectivity index is 1.71. The molecular formula is C21H22N4O. The zero-order valence-electron chi connectivity index (χ0n) is 15.6. The van der Waals surface area contributed by atoms with E-state index in [4.69, 9.17) is 0 Å². The molecule has 1 aliphatic carbocycles. The lowest BCUT2D eigenvalue weighted by Gasteiger charge is -2.34. The number of rotatable bonds is 2. The molecule has 0 saturated carbocycles. The maximum atomic E-state index is 13.0. The standard InChI is InChI=1S/C21H22N4O/c1-11(2)9-15-12-6-8-24-17-16(14-10-25-20(14,3)21(17,25)4)19(26)23-18(24)13(12)5-7-22-15/h5-8,11,14H,9-10H2,1-4H3. The van der Waals surface area contributed by atoms with E-state index in [1.165, 1.54) is 0 Å². The topological polar surface area (TPSA) is 50.3 Å². The van der Waals surface area contributed by atoms with Gasteiger partial charge in [-0.15, -0.1) is 0 Å². The van der Waals surface area contributed by atoms with E-state index in [2.05, 4.69) is 59.2 Å². The Bertz CT molecular complexity index is 1200. The summed E-state index contributed by atoms with van der Waals surface area (Å²) in [5, 5.41) is 2.14. The highest BCUT2D eigenvalue weighted by Crippen LogP contribution is 2.77. The van der Waals surface area contributed by atoms with Crippen LogP contribution < -0.4 is 5.56 Å². The van der Waals surface area contributed by atoms with E-state index in [1.807, 2.05) is 12.3 Å². The SMILES string of the molecule is CC(C)Cc1nccc2c1ccn1c3c(c(=O)nc21)C1CN2C3(C)C12C. The van der Waals surface area contributed by atoms with Gasteiger partial charge >= 0.3 is 0 Å². The van der Waals surface area contributed by atoms with E-state index in [1.54, 1.807) is 0 Å². The second-order valence-corrected chi connectivity index (χ2v) is 8.89. The smallest absolute Gasteiger partial charge is 0.277 e. The van der Waals surface area contributed by atoms with Crippen molar-refractivity contribution in [2.75, 3.05) is 6.54 Å². The van der Waals surface area contributed by atoms with Gasteiger partial charge in [-0.1, -0.05) is 13.8 Å². The van der Waals surface area contributed by atoms with Gasteiger partial charge in [-0.05, 0) is 38.3 Å². The molecule has 5 heterocycles. The van der Waals surface area contributed by atoms with Gasteiger partial charge in [0.1, 0.15) is 5.65 Å². The van der Waals surface area contributed by atoms with Crippen LogP contribution in [0.1, 0.15) is 50.6 Å². The van der Waals surface area contributed by atoms with Crippen LogP contribution in [0.25, 0.3) is 16.4 Å². The molecule has 4 unspecified atom stereocenters. The first-order valence-electron chi connectivity index (χ1n) is 9.50. The number of nitrogens with zero attached hydrogens (tertiary/aromatic N) is 4. The molecule has 0 bridgehead atoms. The Kier molecular flexibility index (Phi) is 2.38. The zero-order chi connectivity index (χ0) is 18.0. The molecule has 0 spiro atoms. The first-order chi connectivity index (χ1) is 12.4. The van der Waals surface area contributed by atoms with E-state index < -0.39 is 0 Å². The molecule has 2 fully saturated rings. The van der Waals surface area contributed by atoms with Gasteiger partial charge in [-0.2, -0.15) is 4.98 Å². The van der Waals surface area contributed by atoms with Crippen LogP contribution in [0, 0.1) is 5.92 Å². The van der Waals surface area contributed by atoms with Gasteiger partial charge < -0.3 is 4.40 Å². The third kappa shape index (κ3) is 1.33. The molecule has 4 atom stereocenters. The van der Waals surface area contributed by atoms with Crippen molar-refractivity contribution in [2.45, 2.75) is 51.1 Å². The Morgan fingerprint density at radius 1 is 1.27 bits per heavy atom. The fourth-order valence-electron chi connectivity index (χ4n) is 5.89. The predicted octanol–water partition coefficient (Wildman–Crippen LogP) is 2.84. The lowest BCUT2D eigenvalue weighted by atomic mass is 9.85. The predicted molar refractivity (Wildman–Crippen MR) is 101 cm³/mol. The van der Waals surface area contributed by atoms with Gasteiger partial charge in [0.25, 0.3) is 5.56 Å². The van der Waals surface area contributed by atoms with E-state index in [0.717, 1.165) is 46.3 Å². The Labute approximate surface area is 151 Å². The number of pyridine rings is 2. The first-order valence-corrected chi connectivity index (χ1v) is 9.50. The summed E-state index contributed by atoms with van der Waals surface area (Å²) in [6.07, 6.45) is 4.88. The van der Waals surface area contributed by atoms with Crippen molar-refractivity contribution in [3.8, 4) is 0 Å². The lowest BCUT2D eigenvalue weighted by molar-refractivity contribution is 0.223. The third-order valence-electron chi connectivity index (χ3n) is 7.36. The Morgan fingerprint density at radius 3 is 2.85 bits per heavy atom. The summed E-state index contributed by atoms with van der Waals surface area (Å²) in [5.41, 5.74) is 4.03. The van der Waals surface area contributed by atoms with E-state index in [9.17, 15) is 4.79 Å². The van der Waals surface area contributed by atoms with Gasteiger partial charge in [0.15, 0.2) is 0 Å². The van der Waals surface area contributed by atoms with Crippen molar-refractivity contribution in [1.82, 2.24) is 19.3 Å². The van der Waals surface area contributed by atoms with Crippen molar-refractivity contribution in [1.29, 1.82) is 0 Å². The molecule has 2 aliphatic heterocycles. The van der Waals surface area contributed by atoms with Crippen LogP contribution in [0.4, 0.5) is 0 Å². The summed E-state index contributed by atoms with van der Waals surface area (Å²) >= 11 is 0. The minimum absolute atomic E-state index is 0.0283. The highest BCUT2D eigenvalue weighted by atomic mass is 16.1. The number of aromatic nitrogens is 3. The van der Waals surface area contributed by atoms with Crippen molar-refractivity contribution in [3.05, 3.63) is 51.8 Å². The maximum absolute atomic E-state index is 13.0. The monoisotopic (exact) mass is 346 g/mol. The fraction of sp³-hybridized carbons (Fsp3) is 0.476. The molecule has 0 radical (unpaired) electrons. The Hall–Kier alpha value is -2.27. The highest BCUT2D eigenvalue weighted by molar-refractivity contribution is 5.95. The van der Waals surface area contributed by atoms with E-state index in [0.29, 0.717) is 11.8 Å². The van der Waals surface area contributed by atoms with E-state index >= 15 is 0 Å². The van der Waals surface area contributed by atoms with Gasteiger partial charge in [0, 0.05) is 46.9 Å². The zero-order valence-corrected chi connectivity index (χ0v) is 15.6.